The Morgan fingerprint density at radius 3 is 2.83 bits per heavy atom. The van der Waals surface area contributed by atoms with E-state index in [-0.39, 0.29) is 0 Å². The number of hydrogen-bond acceptors (Lipinski definition) is 3. The average Bonchev–Trinajstić information content (AvgIpc) is 2.44. The quantitative estimate of drug-likeness (QED) is 0.818. The van der Waals surface area contributed by atoms with Crippen molar-refractivity contribution in [1.82, 2.24) is 0 Å². The van der Waals surface area contributed by atoms with Gasteiger partial charge in [0, 0.05) is 19.2 Å². The Kier molecular flexibility index (Phi) is 3.04. The van der Waals surface area contributed by atoms with Crippen LogP contribution in [0.3, 0.4) is 0 Å². The minimum Gasteiger partial charge on any atom is -0.497 e. The zero-order chi connectivity index (χ0) is 15.3. The first kappa shape index (κ1) is 9.00. The fraction of sp³-hybridized carbons (Fsp3) is 0.200. The van der Waals surface area contributed by atoms with Gasteiger partial charge in [0.2, 0.25) is 6.29 Å². The Morgan fingerprint density at radius 1 is 1.28 bits per heavy atom. The number of ether oxygens (including phenoxy) is 3. The van der Waals surface area contributed by atoms with Crippen molar-refractivity contribution in [2.45, 2.75) is 6.29 Å². The van der Waals surface area contributed by atoms with E-state index < -0.39 is 13.3 Å². The Balaban J connectivity index is 2.11. The highest BCUT2D eigenvalue weighted by molar-refractivity contribution is 5.52. The van der Waals surface area contributed by atoms with Gasteiger partial charge in [0.1, 0.15) is 11.5 Å². The third-order valence-electron chi connectivity index (χ3n) is 2.43. The van der Waals surface area contributed by atoms with E-state index in [0.29, 0.717) is 11.5 Å². The summed E-state index contributed by atoms with van der Waals surface area (Å²) in [6.45, 7) is 0. The fourth-order valence-electron chi connectivity index (χ4n) is 1.54. The molecule has 1 unspecified atom stereocenters. The van der Waals surface area contributed by atoms with Gasteiger partial charge in [-0.3, -0.25) is 0 Å². The largest absolute Gasteiger partial charge is 0.497 e. The van der Waals surface area contributed by atoms with Gasteiger partial charge in [-0.2, -0.15) is 0 Å². The van der Waals surface area contributed by atoms with Crippen LogP contribution >= 0.6 is 0 Å². The number of benzene rings is 1. The van der Waals surface area contributed by atoms with Gasteiger partial charge in [0.25, 0.3) is 0 Å². The zero-order valence-corrected chi connectivity index (χ0v) is 10.00. The highest BCUT2D eigenvalue weighted by Crippen LogP contribution is 2.19. The van der Waals surface area contributed by atoms with E-state index in [1.54, 1.807) is 12.2 Å². The maximum Gasteiger partial charge on any atom is 0.223 e. The molecule has 1 aromatic rings. The first-order valence-electron chi connectivity index (χ1n) is 7.01. The average molecular weight is 247 g/mol. The van der Waals surface area contributed by atoms with Crippen LogP contribution in [0, 0.1) is 0 Å². The van der Waals surface area contributed by atoms with Gasteiger partial charge in [0.15, 0.2) is 0 Å². The molecule has 94 valence electrons. The molecular formula is C15H16O3. The summed E-state index contributed by atoms with van der Waals surface area (Å²) in [5.41, 5.74) is 1.00. The second-order valence-corrected chi connectivity index (χ2v) is 3.67. The Bertz CT molecular complexity index is 559. The molecule has 1 aliphatic heterocycles. The van der Waals surface area contributed by atoms with E-state index in [4.69, 9.17) is 18.3 Å². The molecule has 3 nitrogen and oxygen atoms in total. The molecule has 1 aromatic carbocycles. The minimum absolute atomic E-state index is 0.465. The van der Waals surface area contributed by atoms with E-state index in [1.807, 2.05) is 36.4 Å². The van der Waals surface area contributed by atoms with Crippen molar-refractivity contribution >= 4 is 6.08 Å². The van der Waals surface area contributed by atoms with Gasteiger partial charge >= 0.3 is 0 Å². The molecular weight excluding hydrogens is 228 g/mol. The third-order valence-corrected chi connectivity index (χ3v) is 2.43. The molecule has 0 aliphatic carbocycles. The molecule has 18 heavy (non-hydrogen) atoms. The maximum atomic E-state index is 7.12. The van der Waals surface area contributed by atoms with Crippen LogP contribution in [0.1, 0.15) is 9.68 Å². The highest BCUT2D eigenvalue weighted by atomic mass is 16.7. The van der Waals surface area contributed by atoms with Crippen molar-refractivity contribution in [3.05, 3.63) is 65.6 Å². The molecule has 0 N–H and O–H groups in total. The van der Waals surface area contributed by atoms with Gasteiger partial charge in [-0.15, -0.1) is 0 Å². The van der Waals surface area contributed by atoms with Crippen molar-refractivity contribution < 1.29 is 18.3 Å². The first-order valence-corrected chi connectivity index (χ1v) is 5.51. The van der Waals surface area contributed by atoms with Gasteiger partial charge < -0.3 is 14.2 Å². The van der Waals surface area contributed by atoms with Crippen LogP contribution in [0.2, 0.25) is 0 Å². The van der Waals surface area contributed by atoms with E-state index in [9.17, 15) is 0 Å². The topological polar surface area (TPSA) is 27.7 Å². The third kappa shape index (κ3) is 3.25. The SMILES string of the molecule is [2H]C([2H])([2H])OC1C=C(OC)C=C(/C=C/c2ccccc2)O1. The standard InChI is InChI=1S/C15H16O3/c1-16-14-10-13(18-15(11-14)17-2)9-8-12-6-4-3-5-7-12/h3-11,15H,1-2H3/b9-8+/i2D3. The first-order chi connectivity index (χ1) is 9.96. The number of hydrogen-bond donors (Lipinski definition) is 0. The molecule has 1 heterocycles. The second-order valence-electron chi connectivity index (χ2n) is 3.67. The smallest absolute Gasteiger partial charge is 0.223 e. The number of rotatable bonds is 4. The summed E-state index contributed by atoms with van der Waals surface area (Å²) in [6, 6.07) is 9.68. The fourth-order valence-corrected chi connectivity index (χ4v) is 1.54. The molecule has 0 radical (unpaired) electrons. The lowest BCUT2D eigenvalue weighted by molar-refractivity contribution is -0.0601. The molecule has 0 aromatic heterocycles. The van der Waals surface area contributed by atoms with Crippen LogP contribution in [-0.4, -0.2) is 20.4 Å². The van der Waals surface area contributed by atoms with Crippen LogP contribution in [0.4, 0.5) is 0 Å². The molecule has 3 heteroatoms. The van der Waals surface area contributed by atoms with Gasteiger partial charge in [-0.25, -0.2) is 0 Å². The van der Waals surface area contributed by atoms with E-state index in [1.165, 1.54) is 13.2 Å². The van der Waals surface area contributed by atoms with E-state index >= 15 is 0 Å². The molecule has 1 aliphatic rings. The maximum absolute atomic E-state index is 7.12. The van der Waals surface area contributed by atoms with Crippen molar-refractivity contribution in [1.29, 1.82) is 0 Å². The minimum atomic E-state index is -2.54. The Hall–Kier alpha value is -2.00. The predicted octanol–water partition coefficient (Wildman–Crippen LogP) is 3.12. The summed E-state index contributed by atoms with van der Waals surface area (Å²) in [5.74, 6) is 0.954. The lowest BCUT2D eigenvalue weighted by atomic mass is 10.2. The number of methoxy groups -OCH3 is 2. The zero-order valence-electron chi connectivity index (χ0n) is 13.0. The monoisotopic (exact) mass is 247 g/mol. The Morgan fingerprint density at radius 2 is 2.11 bits per heavy atom. The molecule has 0 saturated heterocycles. The summed E-state index contributed by atoms with van der Waals surface area (Å²) in [5, 5.41) is 0. The predicted molar refractivity (Wildman–Crippen MR) is 70.5 cm³/mol. The molecule has 2 rings (SSSR count). The lowest BCUT2D eigenvalue weighted by Gasteiger charge is -2.20. The molecule has 0 fully saturated rings. The normalized spacial score (nSPS) is 22.3. The second kappa shape index (κ2) is 6.07. The summed E-state index contributed by atoms with van der Waals surface area (Å²) in [6.07, 6.45) is 5.71. The summed E-state index contributed by atoms with van der Waals surface area (Å²) >= 11 is 0. The summed E-state index contributed by atoms with van der Waals surface area (Å²) in [4.78, 5) is 0. The lowest BCUT2D eigenvalue weighted by Crippen LogP contribution is -2.16. The van der Waals surface area contributed by atoms with Crippen LogP contribution in [0.5, 0.6) is 0 Å². The van der Waals surface area contributed by atoms with E-state index in [0.717, 1.165) is 5.56 Å². The summed E-state index contributed by atoms with van der Waals surface area (Å²) < 4.78 is 36.8. The molecule has 0 spiro atoms. The molecule has 1 atom stereocenters. The van der Waals surface area contributed by atoms with Crippen LogP contribution in [-0.2, 0) is 14.2 Å². The van der Waals surface area contributed by atoms with Crippen molar-refractivity contribution in [2.24, 2.45) is 0 Å². The van der Waals surface area contributed by atoms with Gasteiger partial charge in [0.05, 0.1) is 11.2 Å². The van der Waals surface area contributed by atoms with Gasteiger partial charge in [-0.05, 0) is 11.6 Å². The molecule has 0 bridgehead atoms. The van der Waals surface area contributed by atoms with Crippen LogP contribution in [0.15, 0.2) is 60.1 Å². The highest BCUT2D eigenvalue weighted by Gasteiger charge is 2.13. The van der Waals surface area contributed by atoms with Crippen molar-refractivity contribution in [3.63, 3.8) is 0 Å². The summed E-state index contributed by atoms with van der Waals surface area (Å²) in [7, 11) is -1.04. The van der Waals surface area contributed by atoms with Crippen LogP contribution < -0.4 is 0 Å². The van der Waals surface area contributed by atoms with E-state index in [2.05, 4.69) is 0 Å². The Labute approximate surface area is 111 Å². The molecule has 0 saturated carbocycles. The van der Waals surface area contributed by atoms with Gasteiger partial charge in [-0.1, -0.05) is 36.4 Å². The van der Waals surface area contributed by atoms with Crippen molar-refractivity contribution in [3.8, 4) is 0 Å². The molecule has 0 amide bonds. The number of allylic oxidation sites excluding steroid dienone is 2. The van der Waals surface area contributed by atoms with Crippen LogP contribution in [0.25, 0.3) is 6.08 Å². The van der Waals surface area contributed by atoms with Crippen molar-refractivity contribution in [2.75, 3.05) is 14.1 Å².